The molecule has 126 valence electrons. The highest BCUT2D eigenvalue weighted by atomic mass is 79.9. The number of halogens is 2. The van der Waals surface area contributed by atoms with Crippen molar-refractivity contribution >= 4 is 27.9 Å². The second-order valence-electron chi connectivity index (χ2n) is 5.09. The molecule has 0 aliphatic heterocycles. The summed E-state index contributed by atoms with van der Waals surface area (Å²) in [6.45, 7) is 0.173. The zero-order chi connectivity index (χ0) is 17.6. The molecule has 0 saturated heterocycles. The van der Waals surface area contributed by atoms with Crippen molar-refractivity contribution < 1.29 is 9.18 Å². The largest absolute Gasteiger partial charge is 0.345 e. The number of nitrogens with one attached hydrogen (secondary N) is 1. The Kier molecular flexibility index (Phi) is 5.30. The predicted octanol–water partition coefficient (Wildman–Crippen LogP) is 2.89. The van der Waals surface area contributed by atoms with E-state index in [2.05, 4.69) is 36.8 Å². The fourth-order valence-corrected chi connectivity index (χ4v) is 2.48. The van der Waals surface area contributed by atoms with Gasteiger partial charge < -0.3 is 5.32 Å². The molecule has 0 aliphatic rings. The van der Waals surface area contributed by atoms with Gasteiger partial charge in [-0.2, -0.15) is 4.68 Å². The number of hydrogen-bond acceptors (Lipinski definition) is 4. The predicted molar refractivity (Wildman–Crippen MR) is 94.1 cm³/mol. The van der Waals surface area contributed by atoms with Gasteiger partial charge in [0.2, 0.25) is 5.91 Å². The Bertz CT molecular complexity index is 907. The van der Waals surface area contributed by atoms with Gasteiger partial charge in [-0.05, 0) is 52.4 Å². The molecule has 0 radical (unpaired) electrons. The van der Waals surface area contributed by atoms with E-state index in [1.807, 2.05) is 24.3 Å². The molecule has 6 nitrogen and oxygen atoms in total. The zero-order valence-electron chi connectivity index (χ0n) is 12.9. The molecule has 0 unspecified atom stereocenters. The standard InChI is InChI=1S/C17H13BrFN5O/c18-13-2-1-3-15(10-13)24-16(21-22-23-24)11-20-17(25)9-6-12-4-7-14(19)8-5-12/h1-10H,11H2,(H,20,25)/b9-6+. The third-order valence-corrected chi connectivity index (χ3v) is 3.80. The van der Waals surface area contributed by atoms with Crippen molar-refractivity contribution in [3.63, 3.8) is 0 Å². The number of aromatic nitrogens is 4. The molecule has 25 heavy (non-hydrogen) atoms. The van der Waals surface area contributed by atoms with Crippen LogP contribution in [0.5, 0.6) is 0 Å². The van der Waals surface area contributed by atoms with Crippen LogP contribution in [0.4, 0.5) is 4.39 Å². The molecule has 0 spiro atoms. The molecule has 0 saturated carbocycles. The molecule has 2 aromatic carbocycles. The average molecular weight is 402 g/mol. The van der Waals surface area contributed by atoms with Crippen LogP contribution in [0.15, 0.2) is 59.1 Å². The van der Waals surface area contributed by atoms with E-state index in [9.17, 15) is 9.18 Å². The molecule has 0 bridgehead atoms. The molecule has 0 atom stereocenters. The van der Waals surface area contributed by atoms with Gasteiger partial charge in [0.05, 0.1) is 12.2 Å². The quantitative estimate of drug-likeness (QED) is 0.667. The molecule has 1 N–H and O–H groups in total. The average Bonchev–Trinajstić information content (AvgIpc) is 3.08. The van der Waals surface area contributed by atoms with Gasteiger partial charge in [0.15, 0.2) is 5.82 Å². The number of tetrazole rings is 1. The van der Waals surface area contributed by atoms with Gasteiger partial charge in [-0.15, -0.1) is 5.10 Å². The van der Waals surface area contributed by atoms with E-state index in [1.165, 1.54) is 18.2 Å². The minimum Gasteiger partial charge on any atom is -0.345 e. The highest BCUT2D eigenvalue weighted by Crippen LogP contribution is 2.15. The van der Waals surface area contributed by atoms with Crippen LogP contribution in [0.1, 0.15) is 11.4 Å². The van der Waals surface area contributed by atoms with E-state index in [0.717, 1.165) is 15.7 Å². The Morgan fingerprint density at radius 1 is 1.24 bits per heavy atom. The number of amides is 1. The molecule has 0 aliphatic carbocycles. The maximum atomic E-state index is 12.8. The van der Waals surface area contributed by atoms with E-state index in [-0.39, 0.29) is 18.3 Å². The van der Waals surface area contributed by atoms with Crippen LogP contribution < -0.4 is 5.32 Å². The maximum Gasteiger partial charge on any atom is 0.244 e. The summed E-state index contributed by atoms with van der Waals surface area (Å²) in [5.74, 6) is -0.115. The summed E-state index contributed by atoms with van der Waals surface area (Å²) >= 11 is 3.40. The molecule has 1 aromatic heterocycles. The summed E-state index contributed by atoms with van der Waals surface area (Å²) < 4.78 is 15.3. The van der Waals surface area contributed by atoms with Crippen molar-refractivity contribution in [1.29, 1.82) is 0 Å². The first-order valence-electron chi connectivity index (χ1n) is 7.36. The van der Waals surface area contributed by atoms with Crippen LogP contribution in [0.25, 0.3) is 11.8 Å². The molecule has 1 heterocycles. The minimum absolute atomic E-state index is 0.173. The normalized spacial score (nSPS) is 11.0. The van der Waals surface area contributed by atoms with E-state index >= 15 is 0 Å². The first kappa shape index (κ1) is 17.0. The Morgan fingerprint density at radius 3 is 2.80 bits per heavy atom. The number of rotatable bonds is 5. The summed E-state index contributed by atoms with van der Waals surface area (Å²) in [7, 11) is 0. The molecule has 3 rings (SSSR count). The lowest BCUT2D eigenvalue weighted by Gasteiger charge is -2.05. The number of carbonyl (C=O) groups excluding carboxylic acids is 1. The van der Waals surface area contributed by atoms with Gasteiger partial charge >= 0.3 is 0 Å². The van der Waals surface area contributed by atoms with Crippen molar-refractivity contribution in [3.05, 3.63) is 76.3 Å². The van der Waals surface area contributed by atoms with E-state index in [4.69, 9.17) is 0 Å². The Balaban J connectivity index is 1.63. The molecule has 1 amide bonds. The SMILES string of the molecule is O=C(/C=C/c1ccc(F)cc1)NCc1nnnn1-c1cccc(Br)c1. The van der Waals surface area contributed by atoms with Gasteiger partial charge in [-0.25, -0.2) is 4.39 Å². The maximum absolute atomic E-state index is 12.8. The summed E-state index contributed by atoms with van der Waals surface area (Å²) in [6, 6.07) is 13.4. The Labute approximate surface area is 151 Å². The lowest BCUT2D eigenvalue weighted by molar-refractivity contribution is -0.116. The van der Waals surface area contributed by atoms with Crippen LogP contribution in [-0.4, -0.2) is 26.1 Å². The molecule has 8 heteroatoms. The van der Waals surface area contributed by atoms with E-state index in [0.29, 0.717) is 5.82 Å². The molecular formula is C17H13BrFN5O. The number of benzene rings is 2. The molecule has 0 fully saturated rings. The van der Waals surface area contributed by atoms with Gasteiger partial charge in [0.1, 0.15) is 5.82 Å². The van der Waals surface area contributed by atoms with Crippen LogP contribution in [0.2, 0.25) is 0 Å². The van der Waals surface area contributed by atoms with E-state index < -0.39 is 0 Å². The van der Waals surface area contributed by atoms with Crippen LogP contribution in [-0.2, 0) is 11.3 Å². The van der Waals surface area contributed by atoms with Gasteiger partial charge in [-0.3, -0.25) is 4.79 Å². The van der Waals surface area contributed by atoms with E-state index in [1.54, 1.807) is 22.9 Å². The van der Waals surface area contributed by atoms with Crippen molar-refractivity contribution in [2.75, 3.05) is 0 Å². The topological polar surface area (TPSA) is 72.7 Å². The third kappa shape index (κ3) is 4.57. The smallest absolute Gasteiger partial charge is 0.244 e. The third-order valence-electron chi connectivity index (χ3n) is 3.30. The second kappa shape index (κ2) is 7.80. The summed E-state index contributed by atoms with van der Waals surface area (Å²) in [4.78, 5) is 11.9. The Hall–Kier alpha value is -2.87. The number of carbonyl (C=O) groups is 1. The molecular weight excluding hydrogens is 389 g/mol. The fraction of sp³-hybridized carbons (Fsp3) is 0.0588. The van der Waals surface area contributed by atoms with Crippen LogP contribution >= 0.6 is 15.9 Å². The van der Waals surface area contributed by atoms with Gasteiger partial charge in [0.25, 0.3) is 0 Å². The summed E-state index contributed by atoms with van der Waals surface area (Å²) in [5.41, 5.74) is 1.51. The number of nitrogens with zero attached hydrogens (tertiary/aromatic N) is 4. The number of hydrogen-bond donors (Lipinski definition) is 1. The van der Waals surface area contributed by atoms with Crippen LogP contribution in [0, 0.1) is 5.82 Å². The summed E-state index contributed by atoms with van der Waals surface area (Å²) in [5, 5.41) is 14.2. The van der Waals surface area contributed by atoms with Crippen molar-refractivity contribution in [3.8, 4) is 5.69 Å². The highest BCUT2D eigenvalue weighted by molar-refractivity contribution is 9.10. The minimum atomic E-state index is -0.319. The lowest BCUT2D eigenvalue weighted by Crippen LogP contribution is -2.22. The summed E-state index contributed by atoms with van der Waals surface area (Å²) in [6.07, 6.45) is 2.98. The van der Waals surface area contributed by atoms with Gasteiger partial charge in [0, 0.05) is 10.5 Å². The molecule has 3 aromatic rings. The zero-order valence-corrected chi connectivity index (χ0v) is 14.5. The highest BCUT2D eigenvalue weighted by Gasteiger charge is 2.09. The second-order valence-corrected chi connectivity index (χ2v) is 6.01. The van der Waals surface area contributed by atoms with Gasteiger partial charge in [-0.1, -0.05) is 34.1 Å². The first-order valence-corrected chi connectivity index (χ1v) is 8.16. The monoisotopic (exact) mass is 401 g/mol. The van der Waals surface area contributed by atoms with Crippen LogP contribution in [0.3, 0.4) is 0 Å². The van der Waals surface area contributed by atoms with Crippen molar-refractivity contribution in [2.24, 2.45) is 0 Å². The van der Waals surface area contributed by atoms with Crippen molar-refractivity contribution in [2.45, 2.75) is 6.54 Å². The first-order chi connectivity index (χ1) is 12.1. The lowest BCUT2D eigenvalue weighted by atomic mass is 10.2. The van der Waals surface area contributed by atoms with Crippen molar-refractivity contribution in [1.82, 2.24) is 25.5 Å². The fourth-order valence-electron chi connectivity index (χ4n) is 2.10. The Morgan fingerprint density at radius 2 is 2.04 bits per heavy atom.